The Morgan fingerprint density at radius 1 is 0.938 bits per heavy atom. The van der Waals surface area contributed by atoms with Crippen LogP contribution in [-0.2, 0) is 23.7 Å². The van der Waals surface area contributed by atoms with Gasteiger partial charge in [-0.3, -0.25) is 0 Å². The Kier molecular flexibility index (Phi) is 16.4. The minimum Gasteiger partial charge on any atom is -0.480 e. The van der Waals surface area contributed by atoms with Gasteiger partial charge in [-0.25, -0.2) is 4.79 Å². The van der Waals surface area contributed by atoms with Crippen molar-refractivity contribution in [2.24, 2.45) is 0 Å². The monoisotopic (exact) mass is 258 g/mol. The van der Waals surface area contributed by atoms with Crippen LogP contribution in [0.4, 0.5) is 0 Å². The Labute approximate surface area is 101 Å². The molecule has 0 radical (unpaired) electrons. The molecule has 0 heterocycles. The number of carboxylic acids is 1. The number of aliphatic carboxylic acids is 1. The summed E-state index contributed by atoms with van der Waals surface area (Å²) >= 11 is 0. The molecular weight excluding hydrogens is 240 g/mol. The first kappa shape index (κ1) is 18.0. The number of hydrogen-bond acceptors (Lipinski definition) is 5. The van der Waals surface area contributed by atoms with E-state index in [1.807, 2.05) is 0 Å². The van der Waals surface area contributed by atoms with Gasteiger partial charge in [-0.15, -0.1) is 12.4 Å². The molecule has 0 aliphatic carbocycles. The molecule has 0 aliphatic heterocycles. The van der Waals surface area contributed by atoms with E-state index in [1.165, 1.54) is 0 Å². The predicted molar refractivity (Wildman–Crippen MR) is 59.2 cm³/mol. The zero-order valence-electron chi connectivity index (χ0n) is 9.35. The molecule has 98 valence electrons. The lowest BCUT2D eigenvalue weighted by molar-refractivity contribution is -0.142. The highest BCUT2D eigenvalue weighted by molar-refractivity contribution is 5.85. The van der Waals surface area contributed by atoms with Gasteiger partial charge < -0.3 is 24.1 Å². The maximum atomic E-state index is 10.0. The quantitative estimate of drug-likeness (QED) is 0.533. The summed E-state index contributed by atoms with van der Waals surface area (Å²) < 4.78 is 19.8. The first-order chi connectivity index (χ1) is 7.27. The van der Waals surface area contributed by atoms with Crippen molar-refractivity contribution in [1.29, 1.82) is 0 Å². The number of halogens is 1. The second-order valence-electron chi connectivity index (χ2n) is 2.66. The molecule has 0 unspecified atom stereocenters. The average Bonchev–Trinajstić information content (AvgIpc) is 2.20. The molecule has 0 spiro atoms. The molecule has 7 heteroatoms. The summed E-state index contributed by atoms with van der Waals surface area (Å²) in [6.07, 6.45) is 0. The maximum absolute atomic E-state index is 10.0. The van der Waals surface area contributed by atoms with Crippen LogP contribution in [0, 0.1) is 0 Å². The van der Waals surface area contributed by atoms with Crippen LogP contribution in [0.3, 0.4) is 0 Å². The SMILES string of the molecule is COCCOCCOCCOCC(=O)O.Cl. The second kappa shape index (κ2) is 14.6. The zero-order valence-corrected chi connectivity index (χ0v) is 10.2. The Balaban J connectivity index is 0. The lowest BCUT2D eigenvalue weighted by Crippen LogP contribution is -2.13. The molecule has 0 rings (SSSR count). The largest absolute Gasteiger partial charge is 0.480 e. The van der Waals surface area contributed by atoms with E-state index in [0.717, 1.165) is 0 Å². The van der Waals surface area contributed by atoms with E-state index in [0.29, 0.717) is 33.0 Å². The van der Waals surface area contributed by atoms with Gasteiger partial charge in [-0.1, -0.05) is 0 Å². The lowest BCUT2D eigenvalue weighted by atomic mass is 10.7. The lowest BCUT2D eigenvalue weighted by Gasteiger charge is -2.05. The molecule has 0 saturated heterocycles. The number of ether oxygens (including phenoxy) is 4. The predicted octanol–water partition coefficient (Wildman–Crippen LogP) is 0.189. The first-order valence-electron chi connectivity index (χ1n) is 4.71. The van der Waals surface area contributed by atoms with E-state index in [1.54, 1.807) is 7.11 Å². The Morgan fingerprint density at radius 3 is 1.81 bits per heavy atom. The third-order valence-electron chi connectivity index (χ3n) is 1.40. The highest BCUT2D eigenvalue weighted by Gasteiger charge is 1.95. The van der Waals surface area contributed by atoms with Crippen molar-refractivity contribution < 1.29 is 28.8 Å². The van der Waals surface area contributed by atoms with E-state index in [2.05, 4.69) is 0 Å². The summed E-state index contributed by atoms with van der Waals surface area (Å²) in [6, 6.07) is 0. The smallest absolute Gasteiger partial charge is 0.329 e. The molecule has 1 N–H and O–H groups in total. The summed E-state index contributed by atoms with van der Waals surface area (Å²) in [7, 11) is 1.61. The fraction of sp³-hybridized carbons (Fsp3) is 0.889. The minimum absolute atomic E-state index is 0. The number of hydrogen-bond donors (Lipinski definition) is 1. The number of methoxy groups -OCH3 is 1. The maximum Gasteiger partial charge on any atom is 0.329 e. The van der Waals surface area contributed by atoms with Crippen LogP contribution in [0.15, 0.2) is 0 Å². The molecule has 16 heavy (non-hydrogen) atoms. The molecule has 0 aromatic carbocycles. The van der Waals surface area contributed by atoms with Gasteiger partial charge in [0, 0.05) is 7.11 Å². The summed E-state index contributed by atoms with van der Waals surface area (Å²) in [5, 5.41) is 8.24. The van der Waals surface area contributed by atoms with Gasteiger partial charge in [0.2, 0.25) is 0 Å². The molecule has 0 amide bonds. The van der Waals surface area contributed by atoms with Gasteiger partial charge in [-0.05, 0) is 0 Å². The van der Waals surface area contributed by atoms with E-state index < -0.39 is 5.97 Å². The topological polar surface area (TPSA) is 74.2 Å². The van der Waals surface area contributed by atoms with E-state index in [4.69, 9.17) is 24.1 Å². The van der Waals surface area contributed by atoms with Crippen LogP contribution in [0.1, 0.15) is 0 Å². The van der Waals surface area contributed by atoms with Crippen molar-refractivity contribution in [3.05, 3.63) is 0 Å². The molecule has 0 atom stereocenters. The molecule has 0 aliphatic rings. The van der Waals surface area contributed by atoms with Gasteiger partial charge in [0.15, 0.2) is 0 Å². The first-order valence-corrected chi connectivity index (χ1v) is 4.71. The van der Waals surface area contributed by atoms with Gasteiger partial charge in [-0.2, -0.15) is 0 Å². The van der Waals surface area contributed by atoms with Crippen molar-refractivity contribution >= 4 is 18.4 Å². The highest BCUT2D eigenvalue weighted by atomic mass is 35.5. The molecule has 0 bridgehead atoms. The summed E-state index contributed by atoms with van der Waals surface area (Å²) in [5.41, 5.74) is 0. The van der Waals surface area contributed by atoms with Crippen LogP contribution in [0.25, 0.3) is 0 Å². The zero-order chi connectivity index (χ0) is 11.4. The standard InChI is InChI=1S/C9H18O6.ClH/c1-12-2-3-13-4-5-14-6-7-15-8-9(10)11;/h2-8H2,1H3,(H,10,11);1H. The summed E-state index contributed by atoms with van der Waals surface area (Å²) in [4.78, 5) is 10.0. The Morgan fingerprint density at radius 2 is 1.38 bits per heavy atom. The average molecular weight is 259 g/mol. The second-order valence-corrected chi connectivity index (χ2v) is 2.66. The molecular formula is C9H19ClO6. The van der Waals surface area contributed by atoms with Gasteiger partial charge in [0.25, 0.3) is 0 Å². The fourth-order valence-electron chi connectivity index (χ4n) is 0.742. The molecule has 0 aromatic rings. The van der Waals surface area contributed by atoms with Crippen molar-refractivity contribution in [3.63, 3.8) is 0 Å². The number of rotatable bonds is 11. The van der Waals surface area contributed by atoms with Crippen LogP contribution >= 0.6 is 12.4 Å². The fourth-order valence-corrected chi connectivity index (χ4v) is 0.742. The van der Waals surface area contributed by atoms with Crippen LogP contribution in [0.2, 0.25) is 0 Å². The minimum atomic E-state index is -0.974. The van der Waals surface area contributed by atoms with Gasteiger partial charge in [0.05, 0.1) is 39.6 Å². The van der Waals surface area contributed by atoms with Crippen molar-refractivity contribution in [2.45, 2.75) is 0 Å². The Hall–Kier alpha value is -0.400. The van der Waals surface area contributed by atoms with Crippen molar-refractivity contribution in [2.75, 3.05) is 53.4 Å². The summed E-state index contributed by atoms with van der Waals surface area (Å²) in [6.45, 7) is 2.47. The van der Waals surface area contributed by atoms with Crippen LogP contribution < -0.4 is 0 Å². The normalized spacial score (nSPS) is 9.81. The third kappa shape index (κ3) is 16.0. The van der Waals surface area contributed by atoms with E-state index in [9.17, 15) is 4.79 Å². The number of carboxylic acid groups (broad SMARTS) is 1. The third-order valence-corrected chi connectivity index (χ3v) is 1.40. The van der Waals surface area contributed by atoms with Crippen molar-refractivity contribution in [3.8, 4) is 0 Å². The van der Waals surface area contributed by atoms with Gasteiger partial charge >= 0.3 is 5.97 Å². The van der Waals surface area contributed by atoms with E-state index in [-0.39, 0.29) is 25.6 Å². The number of carbonyl (C=O) groups is 1. The molecule has 0 aromatic heterocycles. The summed E-state index contributed by atoms with van der Waals surface area (Å²) in [5.74, 6) is -0.974. The van der Waals surface area contributed by atoms with E-state index >= 15 is 0 Å². The molecule has 6 nitrogen and oxygen atoms in total. The molecule has 0 saturated carbocycles. The van der Waals surface area contributed by atoms with Gasteiger partial charge in [0.1, 0.15) is 6.61 Å². The van der Waals surface area contributed by atoms with Crippen LogP contribution in [0.5, 0.6) is 0 Å². The highest BCUT2D eigenvalue weighted by Crippen LogP contribution is 1.81. The van der Waals surface area contributed by atoms with Crippen LogP contribution in [-0.4, -0.2) is 64.4 Å². The Bertz CT molecular complexity index is 155. The van der Waals surface area contributed by atoms with Crippen molar-refractivity contribution in [1.82, 2.24) is 0 Å². The molecule has 0 fully saturated rings.